The van der Waals surface area contributed by atoms with Gasteiger partial charge in [-0.3, -0.25) is 9.10 Å². The van der Waals surface area contributed by atoms with E-state index in [1.165, 1.54) is 24.3 Å². The lowest BCUT2D eigenvalue weighted by atomic mass is 10.2. The third kappa shape index (κ3) is 4.85. The first-order chi connectivity index (χ1) is 12.9. The van der Waals surface area contributed by atoms with Gasteiger partial charge < -0.3 is 9.47 Å². The molecule has 0 aromatic heterocycles. The van der Waals surface area contributed by atoms with Crippen molar-refractivity contribution in [2.75, 3.05) is 24.1 Å². The van der Waals surface area contributed by atoms with Crippen molar-refractivity contribution in [3.63, 3.8) is 0 Å². The fourth-order valence-electron chi connectivity index (χ4n) is 2.42. The van der Waals surface area contributed by atoms with E-state index in [-0.39, 0.29) is 29.4 Å². The first kappa shape index (κ1) is 20.4. The highest BCUT2D eigenvalue weighted by atomic mass is 32.2. The normalized spacial score (nSPS) is 10.9. The van der Waals surface area contributed by atoms with E-state index in [1.807, 2.05) is 0 Å². The van der Waals surface area contributed by atoms with Crippen molar-refractivity contribution in [2.45, 2.75) is 18.7 Å². The molecule has 0 radical (unpaired) electrons. The van der Waals surface area contributed by atoms with Crippen LogP contribution in [0.2, 0.25) is 0 Å². The highest BCUT2D eigenvalue weighted by Gasteiger charge is 2.30. The van der Waals surface area contributed by atoms with Gasteiger partial charge in [0.2, 0.25) is 0 Å². The van der Waals surface area contributed by atoms with Crippen LogP contribution in [0.15, 0.2) is 59.5 Å². The summed E-state index contributed by atoms with van der Waals surface area (Å²) in [6.45, 7) is 2.95. The summed E-state index contributed by atoms with van der Waals surface area (Å²) in [6, 6.07) is 13.7. The van der Waals surface area contributed by atoms with Gasteiger partial charge in [0.25, 0.3) is 10.0 Å². The van der Waals surface area contributed by atoms with Gasteiger partial charge in [-0.15, -0.1) is 0 Å². The second-order valence-electron chi connectivity index (χ2n) is 5.37. The van der Waals surface area contributed by atoms with Crippen LogP contribution in [0.1, 0.15) is 24.2 Å². The number of anilines is 1. The van der Waals surface area contributed by atoms with Crippen molar-refractivity contribution in [3.05, 3.63) is 60.2 Å². The summed E-state index contributed by atoms with van der Waals surface area (Å²) in [4.78, 5) is 24.3. The zero-order chi connectivity index (χ0) is 19.9. The first-order valence-corrected chi connectivity index (χ1v) is 9.85. The monoisotopic (exact) mass is 391 g/mol. The predicted molar refractivity (Wildman–Crippen MR) is 100 cm³/mol. The molecule has 2 rings (SSSR count). The Morgan fingerprint density at radius 1 is 0.889 bits per heavy atom. The van der Waals surface area contributed by atoms with Crippen LogP contribution in [0.25, 0.3) is 0 Å². The molecule has 144 valence electrons. The van der Waals surface area contributed by atoms with Crippen LogP contribution in [0.4, 0.5) is 5.69 Å². The van der Waals surface area contributed by atoms with Crippen LogP contribution in [0.3, 0.4) is 0 Å². The number of hydrogen-bond acceptors (Lipinski definition) is 6. The molecule has 0 atom stereocenters. The van der Waals surface area contributed by atoms with Crippen LogP contribution in [-0.4, -0.2) is 40.1 Å². The quantitative estimate of drug-likeness (QED) is 0.643. The molecule has 27 heavy (non-hydrogen) atoms. The van der Waals surface area contributed by atoms with Crippen LogP contribution in [0, 0.1) is 0 Å². The van der Waals surface area contributed by atoms with Crippen molar-refractivity contribution < 1.29 is 27.5 Å². The Labute approximate surface area is 158 Å². The Morgan fingerprint density at radius 3 is 2.11 bits per heavy atom. The number of ether oxygens (including phenoxy) is 2. The molecule has 0 unspecified atom stereocenters. The van der Waals surface area contributed by atoms with Gasteiger partial charge in [-0.2, -0.15) is 0 Å². The van der Waals surface area contributed by atoms with Gasteiger partial charge in [0.15, 0.2) is 0 Å². The molecule has 2 aromatic rings. The van der Waals surface area contributed by atoms with E-state index in [0.29, 0.717) is 0 Å². The molecule has 2 aromatic carbocycles. The molecule has 0 aliphatic carbocycles. The third-order valence-electron chi connectivity index (χ3n) is 3.58. The van der Waals surface area contributed by atoms with Gasteiger partial charge in [-0.25, -0.2) is 13.2 Å². The predicted octanol–water partition coefficient (Wildman–Crippen LogP) is 2.62. The number of hydrogen-bond donors (Lipinski definition) is 0. The van der Waals surface area contributed by atoms with Crippen LogP contribution in [0.5, 0.6) is 0 Å². The minimum atomic E-state index is -4.11. The van der Waals surface area contributed by atoms with Crippen molar-refractivity contribution >= 4 is 27.6 Å². The molecule has 0 aliphatic rings. The lowest BCUT2D eigenvalue weighted by Crippen LogP contribution is -2.37. The van der Waals surface area contributed by atoms with Crippen molar-refractivity contribution in [2.24, 2.45) is 0 Å². The van der Waals surface area contributed by atoms with Crippen LogP contribution < -0.4 is 4.31 Å². The Kier molecular flexibility index (Phi) is 6.95. The number of para-hydroxylation sites is 1. The zero-order valence-electron chi connectivity index (χ0n) is 15.1. The van der Waals surface area contributed by atoms with E-state index in [2.05, 4.69) is 0 Å². The van der Waals surface area contributed by atoms with Gasteiger partial charge in [-0.1, -0.05) is 30.3 Å². The van der Waals surface area contributed by atoms with E-state index < -0.39 is 28.5 Å². The van der Waals surface area contributed by atoms with E-state index in [4.69, 9.17) is 9.47 Å². The second kappa shape index (κ2) is 9.18. The Hall–Kier alpha value is -2.87. The van der Waals surface area contributed by atoms with Crippen LogP contribution in [-0.2, 0) is 24.3 Å². The number of nitrogens with zero attached hydrogens (tertiary/aromatic N) is 1. The summed E-state index contributed by atoms with van der Waals surface area (Å²) < 4.78 is 37.1. The maximum atomic E-state index is 13.2. The number of sulfonamides is 1. The topological polar surface area (TPSA) is 90.0 Å². The van der Waals surface area contributed by atoms with E-state index >= 15 is 0 Å². The number of benzene rings is 2. The smallest absolute Gasteiger partial charge is 0.340 e. The molecular weight excluding hydrogens is 370 g/mol. The minimum Gasteiger partial charge on any atom is -0.465 e. The van der Waals surface area contributed by atoms with E-state index in [1.54, 1.807) is 44.2 Å². The standard InChI is InChI=1S/C19H21NO6S/c1-3-25-18(21)14-20(27(23,24)15-10-6-5-7-11-15)17-13-9-8-12-16(17)19(22)26-4-2/h5-13H,3-4,14H2,1-2H3. The minimum absolute atomic E-state index is 0.00652. The summed E-state index contributed by atoms with van der Waals surface area (Å²) in [5.41, 5.74) is 0.0935. The van der Waals surface area contributed by atoms with E-state index in [0.717, 1.165) is 4.31 Å². The summed E-state index contributed by atoms with van der Waals surface area (Å²) in [5, 5.41) is 0. The van der Waals surface area contributed by atoms with Gasteiger partial charge in [0, 0.05) is 0 Å². The Balaban J connectivity index is 2.58. The lowest BCUT2D eigenvalue weighted by molar-refractivity contribution is -0.141. The number of carbonyl (C=O) groups is 2. The molecule has 8 heteroatoms. The van der Waals surface area contributed by atoms with Crippen LogP contribution >= 0.6 is 0 Å². The molecule has 0 fully saturated rings. The lowest BCUT2D eigenvalue weighted by Gasteiger charge is -2.25. The average molecular weight is 391 g/mol. The molecule has 0 saturated carbocycles. The summed E-state index contributed by atoms with van der Waals surface area (Å²) in [7, 11) is -4.11. The fourth-order valence-corrected chi connectivity index (χ4v) is 3.86. The Morgan fingerprint density at radius 2 is 1.48 bits per heavy atom. The summed E-state index contributed by atoms with van der Waals surface area (Å²) >= 11 is 0. The highest BCUT2D eigenvalue weighted by molar-refractivity contribution is 7.92. The fraction of sp³-hybridized carbons (Fsp3) is 0.263. The van der Waals surface area contributed by atoms with E-state index in [9.17, 15) is 18.0 Å². The summed E-state index contributed by atoms with van der Waals surface area (Å²) in [6.07, 6.45) is 0. The molecule has 0 amide bonds. The summed E-state index contributed by atoms with van der Waals surface area (Å²) in [5.74, 6) is -1.40. The zero-order valence-corrected chi connectivity index (χ0v) is 15.9. The Bertz CT molecular complexity index is 895. The number of esters is 2. The second-order valence-corrected chi connectivity index (χ2v) is 7.23. The van der Waals surface area contributed by atoms with Crippen molar-refractivity contribution in [3.8, 4) is 0 Å². The van der Waals surface area contributed by atoms with Crippen molar-refractivity contribution in [1.29, 1.82) is 0 Å². The van der Waals surface area contributed by atoms with Gasteiger partial charge in [0.05, 0.1) is 29.4 Å². The third-order valence-corrected chi connectivity index (χ3v) is 5.35. The largest absolute Gasteiger partial charge is 0.465 e. The maximum absolute atomic E-state index is 13.2. The number of rotatable bonds is 8. The maximum Gasteiger partial charge on any atom is 0.340 e. The number of carbonyl (C=O) groups excluding carboxylic acids is 2. The van der Waals surface area contributed by atoms with Gasteiger partial charge in [0.1, 0.15) is 6.54 Å². The molecule has 0 heterocycles. The van der Waals surface area contributed by atoms with Gasteiger partial charge >= 0.3 is 11.9 Å². The molecule has 0 spiro atoms. The molecule has 0 aliphatic heterocycles. The van der Waals surface area contributed by atoms with Crippen molar-refractivity contribution in [1.82, 2.24) is 0 Å². The molecular formula is C19H21NO6S. The molecule has 0 saturated heterocycles. The molecule has 0 bridgehead atoms. The highest BCUT2D eigenvalue weighted by Crippen LogP contribution is 2.27. The van der Waals surface area contributed by atoms with Gasteiger partial charge in [-0.05, 0) is 38.1 Å². The molecule has 0 N–H and O–H groups in total. The average Bonchev–Trinajstić information content (AvgIpc) is 2.67. The molecule has 7 nitrogen and oxygen atoms in total. The SMILES string of the molecule is CCOC(=O)CN(c1ccccc1C(=O)OCC)S(=O)(=O)c1ccccc1. The first-order valence-electron chi connectivity index (χ1n) is 8.41.